The second-order valence-corrected chi connectivity index (χ2v) is 14.8. The molecule has 1 spiro atoms. The number of aromatic nitrogens is 1. The Kier molecular flexibility index (Phi) is 7.41. The summed E-state index contributed by atoms with van der Waals surface area (Å²) < 4.78 is 6.48. The van der Waals surface area contributed by atoms with Crippen LogP contribution < -0.4 is 10.6 Å². The highest BCUT2D eigenvalue weighted by Crippen LogP contribution is 2.54. The number of rotatable bonds is 8. The number of nitrogens with one attached hydrogen (secondary N) is 2. The number of fused-ring (bicyclic) bond motifs is 3. The fraction of sp³-hybridized carbons (Fsp3) is 0.767. The minimum absolute atomic E-state index is 0.0224. The van der Waals surface area contributed by atoms with Gasteiger partial charge in [0.1, 0.15) is 10.9 Å². The van der Waals surface area contributed by atoms with Crippen LogP contribution in [-0.4, -0.2) is 89.9 Å². The first kappa shape index (κ1) is 28.6. The quantitative estimate of drug-likeness (QED) is 0.483. The first-order valence-corrected chi connectivity index (χ1v) is 16.0. The summed E-state index contributed by atoms with van der Waals surface area (Å²) in [5.41, 5.74) is 1.10. The van der Waals surface area contributed by atoms with Crippen molar-refractivity contribution in [2.75, 3.05) is 33.2 Å². The Labute approximate surface area is 245 Å². The summed E-state index contributed by atoms with van der Waals surface area (Å²) in [4.78, 5) is 61.6. The number of likely N-dealkylation sites (N-methyl/N-ethyl adjacent to an activating group) is 1. The van der Waals surface area contributed by atoms with E-state index < -0.39 is 23.5 Å². The fourth-order valence-electron chi connectivity index (χ4n) is 7.90. The second-order valence-electron chi connectivity index (χ2n) is 13.9. The zero-order valence-corrected chi connectivity index (χ0v) is 25.4. The van der Waals surface area contributed by atoms with E-state index in [9.17, 15) is 19.2 Å². The fourth-order valence-corrected chi connectivity index (χ4v) is 8.49. The van der Waals surface area contributed by atoms with E-state index in [0.29, 0.717) is 36.3 Å². The summed E-state index contributed by atoms with van der Waals surface area (Å²) >= 11 is 1.28. The lowest BCUT2D eigenvalue weighted by molar-refractivity contribution is -0.153. The van der Waals surface area contributed by atoms with Gasteiger partial charge < -0.3 is 25.2 Å². The number of hydrogen-bond acceptors (Lipinski definition) is 7. The monoisotopic (exact) mass is 585 g/mol. The first-order valence-electron chi connectivity index (χ1n) is 15.2. The van der Waals surface area contributed by atoms with Crippen LogP contribution >= 0.6 is 11.3 Å². The van der Waals surface area contributed by atoms with Gasteiger partial charge in [0.25, 0.3) is 5.91 Å². The standard InChI is InChI=1S/C30H43N5O5S/c1-17(40-22-9-18-5-7-19(22)8-6-18)24(26(37)31-4)33-25(36)21-12-34(28(39)23-11-32-16-41-23)13-30(21)14-35(15-30)27(38)20-10-29(20,2)3/h11,16-22,24H,5-10,12-15H2,1-4H3,(H,31,37)(H,33,36)/t17-,18?,19?,20-,21+,22?,24+/m1/s1. The van der Waals surface area contributed by atoms with Gasteiger partial charge in [-0.25, -0.2) is 0 Å². The van der Waals surface area contributed by atoms with E-state index in [0.717, 1.165) is 12.8 Å². The summed E-state index contributed by atoms with van der Waals surface area (Å²) in [5.74, 6) is 0.116. The summed E-state index contributed by atoms with van der Waals surface area (Å²) in [6.45, 7) is 7.58. The lowest BCUT2D eigenvalue weighted by atomic mass is 9.69. The predicted octanol–water partition coefficient (Wildman–Crippen LogP) is 2.30. The van der Waals surface area contributed by atoms with Crippen molar-refractivity contribution in [1.82, 2.24) is 25.4 Å². The topological polar surface area (TPSA) is 121 Å². The van der Waals surface area contributed by atoms with Crippen molar-refractivity contribution in [2.45, 2.75) is 77.5 Å². The molecule has 1 aromatic rings. The number of likely N-dealkylation sites (tertiary alicyclic amines) is 2. The Morgan fingerprint density at radius 2 is 1.76 bits per heavy atom. The Hall–Kier alpha value is -2.53. The number of thiazole rings is 1. The first-order chi connectivity index (χ1) is 19.5. The molecule has 41 heavy (non-hydrogen) atoms. The van der Waals surface area contributed by atoms with Gasteiger partial charge in [-0.15, -0.1) is 11.3 Å². The summed E-state index contributed by atoms with van der Waals surface area (Å²) in [6.07, 6.45) is 7.92. The molecular weight excluding hydrogens is 542 g/mol. The highest BCUT2D eigenvalue weighted by Gasteiger charge is 2.62. The molecular formula is C30H43N5O5S. The molecule has 4 amide bonds. The predicted molar refractivity (Wildman–Crippen MR) is 153 cm³/mol. The summed E-state index contributed by atoms with van der Waals surface area (Å²) in [7, 11) is 1.57. The molecule has 3 heterocycles. The van der Waals surface area contributed by atoms with Gasteiger partial charge in [0, 0.05) is 44.6 Å². The molecule has 1 aromatic heterocycles. The average molecular weight is 586 g/mol. The van der Waals surface area contributed by atoms with Gasteiger partial charge in [0.15, 0.2) is 0 Å². The number of carbonyl (C=O) groups excluding carboxylic acids is 4. The number of hydrogen-bond donors (Lipinski definition) is 2. The summed E-state index contributed by atoms with van der Waals surface area (Å²) in [6, 6.07) is -0.846. The van der Waals surface area contributed by atoms with Crippen LogP contribution in [0.15, 0.2) is 11.7 Å². The summed E-state index contributed by atoms with van der Waals surface area (Å²) in [5, 5.41) is 5.73. The SMILES string of the molecule is CNC(=O)[C@@H](NC(=O)[C@@H]1CN(C(=O)c2cncs2)CC12CN(C(=O)[C@H]1CC1(C)C)C2)[C@@H](C)OC1CC2CCC1CC2. The molecule has 6 aliphatic rings. The van der Waals surface area contributed by atoms with Crippen LogP contribution in [0.4, 0.5) is 0 Å². The van der Waals surface area contributed by atoms with Crippen molar-refractivity contribution in [3.05, 3.63) is 16.6 Å². The largest absolute Gasteiger partial charge is 0.372 e. The third-order valence-electron chi connectivity index (χ3n) is 10.7. The van der Waals surface area contributed by atoms with E-state index in [2.05, 4.69) is 29.5 Å². The third-order valence-corrected chi connectivity index (χ3v) is 11.5. The molecule has 2 aliphatic heterocycles. The van der Waals surface area contributed by atoms with E-state index >= 15 is 0 Å². The van der Waals surface area contributed by atoms with Crippen LogP contribution in [-0.2, 0) is 19.1 Å². The van der Waals surface area contributed by atoms with Crippen molar-refractivity contribution >= 4 is 35.0 Å². The van der Waals surface area contributed by atoms with Gasteiger partial charge in [-0.2, -0.15) is 0 Å². The number of amides is 4. The van der Waals surface area contributed by atoms with E-state index in [1.165, 1.54) is 37.0 Å². The molecule has 4 aliphatic carbocycles. The Bertz CT molecular complexity index is 1190. The Morgan fingerprint density at radius 1 is 1.07 bits per heavy atom. The normalized spacial score (nSPS) is 32.2. The number of carbonyl (C=O) groups is 4. The molecule has 2 bridgehead atoms. The number of ether oxygens (including phenoxy) is 1. The molecule has 224 valence electrons. The molecule has 7 rings (SSSR count). The maximum absolute atomic E-state index is 14.0. The molecule has 4 saturated carbocycles. The van der Waals surface area contributed by atoms with Crippen LogP contribution in [0.3, 0.4) is 0 Å². The average Bonchev–Trinajstić information content (AvgIpc) is 3.32. The molecule has 1 unspecified atom stereocenters. The van der Waals surface area contributed by atoms with Gasteiger partial charge in [-0.05, 0) is 62.7 Å². The minimum atomic E-state index is -0.846. The van der Waals surface area contributed by atoms with Gasteiger partial charge in [0.2, 0.25) is 17.7 Å². The van der Waals surface area contributed by atoms with Gasteiger partial charge >= 0.3 is 0 Å². The van der Waals surface area contributed by atoms with Crippen LogP contribution in [0.1, 0.15) is 69.0 Å². The van der Waals surface area contributed by atoms with Crippen molar-refractivity contribution in [1.29, 1.82) is 0 Å². The smallest absolute Gasteiger partial charge is 0.265 e. The van der Waals surface area contributed by atoms with E-state index in [-0.39, 0.29) is 47.6 Å². The van der Waals surface area contributed by atoms with E-state index in [1.807, 2.05) is 11.8 Å². The van der Waals surface area contributed by atoms with Crippen LogP contribution in [0.25, 0.3) is 0 Å². The molecule has 6 fully saturated rings. The van der Waals surface area contributed by atoms with Gasteiger partial charge in [0.05, 0.1) is 29.8 Å². The van der Waals surface area contributed by atoms with E-state index in [4.69, 9.17) is 4.74 Å². The Morgan fingerprint density at radius 3 is 2.32 bits per heavy atom. The molecule has 0 radical (unpaired) electrons. The number of nitrogens with zero attached hydrogens (tertiary/aromatic N) is 3. The molecule has 0 aromatic carbocycles. The zero-order chi connectivity index (χ0) is 29.1. The third kappa shape index (κ3) is 5.28. The van der Waals surface area contributed by atoms with Crippen LogP contribution in [0.2, 0.25) is 0 Å². The molecule has 2 N–H and O–H groups in total. The minimum Gasteiger partial charge on any atom is -0.372 e. The maximum atomic E-state index is 14.0. The highest BCUT2D eigenvalue weighted by atomic mass is 32.1. The van der Waals surface area contributed by atoms with Crippen LogP contribution in [0, 0.1) is 34.5 Å². The lowest BCUT2D eigenvalue weighted by Gasteiger charge is -2.50. The van der Waals surface area contributed by atoms with Gasteiger partial charge in [-0.3, -0.25) is 24.2 Å². The second kappa shape index (κ2) is 10.6. The van der Waals surface area contributed by atoms with Crippen molar-refractivity contribution in [2.24, 2.45) is 34.5 Å². The Balaban J connectivity index is 1.17. The van der Waals surface area contributed by atoms with Crippen molar-refractivity contribution < 1.29 is 23.9 Å². The lowest BCUT2D eigenvalue weighted by Crippen LogP contribution is -2.65. The zero-order valence-electron chi connectivity index (χ0n) is 24.6. The maximum Gasteiger partial charge on any atom is 0.265 e. The highest BCUT2D eigenvalue weighted by molar-refractivity contribution is 7.11. The van der Waals surface area contributed by atoms with Gasteiger partial charge in [-0.1, -0.05) is 13.8 Å². The van der Waals surface area contributed by atoms with Crippen molar-refractivity contribution in [3.63, 3.8) is 0 Å². The van der Waals surface area contributed by atoms with Crippen molar-refractivity contribution in [3.8, 4) is 0 Å². The molecule has 11 heteroatoms. The molecule has 2 saturated heterocycles. The van der Waals surface area contributed by atoms with E-state index in [1.54, 1.807) is 23.7 Å². The molecule has 5 atom stereocenters. The van der Waals surface area contributed by atoms with Crippen LogP contribution in [0.5, 0.6) is 0 Å². The molecule has 10 nitrogen and oxygen atoms in total.